The second-order valence-corrected chi connectivity index (χ2v) is 4.29. The molecule has 2 rings (SSSR count). The highest BCUT2D eigenvalue weighted by Crippen LogP contribution is 2.22. The third-order valence-electron chi connectivity index (χ3n) is 2.88. The Labute approximate surface area is 112 Å². The Bertz CT molecular complexity index is 546. The summed E-state index contributed by atoms with van der Waals surface area (Å²) in [5, 5.41) is 7.85. The molecule has 0 radical (unpaired) electrons. The minimum absolute atomic E-state index is 0.472. The molecule has 0 N–H and O–H groups in total. The number of nitrogens with zero attached hydrogens (tertiary/aromatic N) is 3. The molecular formula is C14H17N3O2. The molecule has 1 aromatic carbocycles. The maximum atomic E-state index is 11.0. The Morgan fingerprint density at radius 3 is 2.68 bits per heavy atom. The van der Waals surface area contributed by atoms with Crippen molar-refractivity contribution in [2.45, 2.75) is 19.8 Å². The normalized spacial score (nSPS) is 10.4. The quantitative estimate of drug-likeness (QED) is 0.590. The van der Waals surface area contributed by atoms with E-state index in [1.807, 2.05) is 24.3 Å². The van der Waals surface area contributed by atoms with Gasteiger partial charge in [-0.25, -0.2) is 4.68 Å². The van der Waals surface area contributed by atoms with E-state index in [0.29, 0.717) is 11.4 Å². The highest BCUT2D eigenvalue weighted by Gasteiger charge is 2.11. The van der Waals surface area contributed by atoms with Gasteiger partial charge in [-0.1, -0.05) is 18.6 Å². The smallest absolute Gasteiger partial charge is 0.170 e. The zero-order chi connectivity index (χ0) is 13.7. The van der Waals surface area contributed by atoms with Crippen molar-refractivity contribution in [1.82, 2.24) is 15.0 Å². The highest BCUT2D eigenvalue weighted by atomic mass is 16.5. The van der Waals surface area contributed by atoms with Gasteiger partial charge in [-0.05, 0) is 30.7 Å². The van der Waals surface area contributed by atoms with E-state index in [9.17, 15) is 4.79 Å². The Morgan fingerprint density at radius 1 is 1.32 bits per heavy atom. The number of aryl methyl sites for hydroxylation is 1. The van der Waals surface area contributed by atoms with Gasteiger partial charge >= 0.3 is 0 Å². The lowest BCUT2D eigenvalue weighted by Crippen LogP contribution is -1.97. The first-order valence-electron chi connectivity index (χ1n) is 6.34. The number of aromatic nitrogens is 3. The number of carbonyl (C=O) groups excluding carboxylic acids is 1. The fourth-order valence-corrected chi connectivity index (χ4v) is 1.75. The van der Waals surface area contributed by atoms with Crippen LogP contribution in [0.25, 0.3) is 11.3 Å². The second kappa shape index (κ2) is 6.13. The van der Waals surface area contributed by atoms with E-state index < -0.39 is 0 Å². The summed E-state index contributed by atoms with van der Waals surface area (Å²) in [7, 11) is 1.70. The molecule has 1 aromatic heterocycles. The lowest BCUT2D eigenvalue weighted by atomic mass is 10.1. The van der Waals surface area contributed by atoms with Crippen molar-refractivity contribution >= 4 is 6.29 Å². The fourth-order valence-electron chi connectivity index (χ4n) is 1.75. The van der Waals surface area contributed by atoms with Gasteiger partial charge in [-0.3, -0.25) is 4.79 Å². The first-order chi connectivity index (χ1) is 9.26. The van der Waals surface area contributed by atoms with Crippen LogP contribution in [0, 0.1) is 0 Å². The zero-order valence-electron chi connectivity index (χ0n) is 11.2. The third kappa shape index (κ3) is 2.99. The molecule has 0 spiro atoms. The standard InChI is InChI=1S/C14H17N3O2/c1-3-4-9-19-12-7-5-11(6-8-12)14-13(10-18)17(2)16-15-14/h5-8,10H,3-4,9H2,1-2H3. The summed E-state index contributed by atoms with van der Waals surface area (Å²) in [5.41, 5.74) is 1.93. The van der Waals surface area contributed by atoms with Gasteiger partial charge in [0.15, 0.2) is 6.29 Å². The number of hydrogen-bond donors (Lipinski definition) is 0. The zero-order valence-corrected chi connectivity index (χ0v) is 11.2. The molecule has 0 saturated carbocycles. The third-order valence-corrected chi connectivity index (χ3v) is 2.88. The fraction of sp³-hybridized carbons (Fsp3) is 0.357. The average molecular weight is 259 g/mol. The molecular weight excluding hydrogens is 242 g/mol. The Morgan fingerprint density at radius 2 is 2.05 bits per heavy atom. The molecule has 0 bridgehead atoms. The van der Waals surface area contributed by atoms with Gasteiger partial charge in [-0.15, -0.1) is 5.10 Å². The van der Waals surface area contributed by atoms with Crippen molar-refractivity contribution in [1.29, 1.82) is 0 Å². The topological polar surface area (TPSA) is 57.0 Å². The number of benzene rings is 1. The predicted molar refractivity (Wildman–Crippen MR) is 72.2 cm³/mol. The van der Waals surface area contributed by atoms with Crippen LogP contribution in [0.2, 0.25) is 0 Å². The summed E-state index contributed by atoms with van der Waals surface area (Å²) in [4.78, 5) is 11.0. The largest absolute Gasteiger partial charge is 0.494 e. The first-order valence-corrected chi connectivity index (χ1v) is 6.34. The van der Waals surface area contributed by atoms with E-state index in [0.717, 1.165) is 37.0 Å². The van der Waals surface area contributed by atoms with Crippen molar-refractivity contribution < 1.29 is 9.53 Å². The molecule has 5 heteroatoms. The molecule has 0 unspecified atom stereocenters. The molecule has 0 aliphatic heterocycles. The van der Waals surface area contributed by atoms with Crippen LogP contribution in [0.15, 0.2) is 24.3 Å². The lowest BCUT2D eigenvalue weighted by molar-refractivity contribution is 0.111. The molecule has 0 saturated heterocycles. The summed E-state index contributed by atoms with van der Waals surface area (Å²) in [6.07, 6.45) is 2.92. The van der Waals surface area contributed by atoms with Gasteiger partial charge in [0.05, 0.1) is 6.61 Å². The lowest BCUT2D eigenvalue weighted by Gasteiger charge is -2.05. The molecule has 5 nitrogen and oxygen atoms in total. The maximum absolute atomic E-state index is 11.0. The summed E-state index contributed by atoms with van der Waals surface area (Å²) in [5.74, 6) is 0.828. The summed E-state index contributed by atoms with van der Waals surface area (Å²) in [6.45, 7) is 2.85. The molecule has 2 aromatic rings. The summed E-state index contributed by atoms with van der Waals surface area (Å²) < 4.78 is 7.05. The van der Waals surface area contributed by atoms with Gasteiger partial charge < -0.3 is 4.74 Å². The van der Waals surface area contributed by atoms with Gasteiger partial charge in [0.25, 0.3) is 0 Å². The Balaban J connectivity index is 2.15. The van der Waals surface area contributed by atoms with Crippen molar-refractivity contribution in [3.63, 3.8) is 0 Å². The van der Waals surface area contributed by atoms with E-state index in [1.54, 1.807) is 7.05 Å². The second-order valence-electron chi connectivity index (χ2n) is 4.29. The van der Waals surface area contributed by atoms with Crippen LogP contribution in [0.1, 0.15) is 30.3 Å². The average Bonchev–Trinajstić information content (AvgIpc) is 2.81. The van der Waals surface area contributed by atoms with Crippen LogP contribution in [0.4, 0.5) is 0 Å². The molecule has 0 amide bonds. The van der Waals surface area contributed by atoms with Gasteiger partial charge in [-0.2, -0.15) is 0 Å². The van der Waals surface area contributed by atoms with E-state index in [1.165, 1.54) is 4.68 Å². The van der Waals surface area contributed by atoms with Crippen LogP contribution in [-0.2, 0) is 7.05 Å². The van der Waals surface area contributed by atoms with Crippen LogP contribution >= 0.6 is 0 Å². The number of hydrogen-bond acceptors (Lipinski definition) is 4. The number of unbranched alkanes of at least 4 members (excludes halogenated alkanes) is 1. The van der Waals surface area contributed by atoms with Crippen molar-refractivity contribution in [3.05, 3.63) is 30.0 Å². The number of rotatable bonds is 6. The Kier molecular flexibility index (Phi) is 4.28. The molecule has 0 aliphatic rings. The van der Waals surface area contributed by atoms with E-state index in [2.05, 4.69) is 17.2 Å². The predicted octanol–water partition coefficient (Wildman–Crippen LogP) is 2.47. The van der Waals surface area contributed by atoms with Gasteiger partial charge in [0.2, 0.25) is 0 Å². The highest BCUT2D eigenvalue weighted by molar-refractivity contribution is 5.83. The van der Waals surface area contributed by atoms with E-state index in [-0.39, 0.29) is 0 Å². The molecule has 1 heterocycles. The van der Waals surface area contributed by atoms with Crippen LogP contribution in [0.3, 0.4) is 0 Å². The summed E-state index contributed by atoms with van der Waals surface area (Å²) in [6, 6.07) is 7.54. The molecule has 19 heavy (non-hydrogen) atoms. The Hall–Kier alpha value is -2.17. The van der Waals surface area contributed by atoms with Crippen molar-refractivity contribution in [2.75, 3.05) is 6.61 Å². The SMILES string of the molecule is CCCCOc1ccc(-c2nnn(C)c2C=O)cc1. The maximum Gasteiger partial charge on any atom is 0.170 e. The summed E-state index contributed by atoms with van der Waals surface area (Å²) >= 11 is 0. The van der Waals surface area contributed by atoms with Crippen LogP contribution in [-0.4, -0.2) is 27.9 Å². The van der Waals surface area contributed by atoms with Crippen molar-refractivity contribution in [3.8, 4) is 17.0 Å². The van der Waals surface area contributed by atoms with Crippen molar-refractivity contribution in [2.24, 2.45) is 7.05 Å². The molecule has 100 valence electrons. The van der Waals surface area contributed by atoms with E-state index in [4.69, 9.17) is 4.74 Å². The number of aldehydes is 1. The monoisotopic (exact) mass is 259 g/mol. The minimum Gasteiger partial charge on any atom is -0.494 e. The molecule has 0 fully saturated rings. The number of carbonyl (C=O) groups is 1. The molecule has 0 atom stereocenters. The van der Waals surface area contributed by atoms with Gasteiger partial charge in [0, 0.05) is 12.6 Å². The number of ether oxygens (including phenoxy) is 1. The molecule has 0 aliphatic carbocycles. The minimum atomic E-state index is 0.472. The van der Waals surface area contributed by atoms with Crippen LogP contribution < -0.4 is 4.74 Å². The van der Waals surface area contributed by atoms with Gasteiger partial charge in [0.1, 0.15) is 17.1 Å². The van der Waals surface area contributed by atoms with E-state index >= 15 is 0 Å². The van der Waals surface area contributed by atoms with Crippen LogP contribution in [0.5, 0.6) is 5.75 Å². The first kappa shape index (κ1) is 13.3.